The third-order valence-corrected chi connectivity index (χ3v) is 4.05. The first-order valence-corrected chi connectivity index (χ1v) is 6.82. The molecule has 2 N–H and O–H groups in total. The lowest BCUT2D eigenvalue weighted by molar-refractivity contribution is 0.0944. The van der Waals surface area contributed by atoms with Crippen LogP contribution in [0, 0.1) is 5.92 Å². The van der Waals surface area contributed by atoms with Crippen molar-refractivity contribution in [2.24, 2.45) is 5.92 Å². The number of nitrogens with one attached hydrogen (secondary N) is 1. The number of hydrogen-bond donors (Lipinski definition) is 2. The predicted molar refractivity (Wildman–Crippen MR) is 72.0 cm³/mol. The Morgan fingerprint density at radius 1 is 1.28 bits per heavy atom. The van der Waals surface area contributed by atoms with Crippen molar-refractivity contribution in [1.29, 1.82) is 0 Å². The van der Waals surface area contributed by atoms with Gasteiger partial charge in [0, 0.05) is 17.5 Å². The molecule has 1 amide bonds. The number of rotatable bonds is 3. The summed E-state index contributed by atoms with van der Waals surface area (Å²) < 4.78 is 0. The van der Waals surface area contributed by atoms with Crippen LogP contribution in [0.4, 0.5) is 0 Å². The molecule has 1 aromatic rings. The maximum absolute atomic E-state index is 11.9. The fourth-order valence-corrected chi connectivity index (χ4v) is 2.70. The molecular weight excluding hydrogens is 250 g/mol. The zero-order valence-corrected chi connectivity index (χ0v) is 11.0. The highest BCUT2D eigenvalue weighted by molar-refractivity contribution is 6.20. The first-order chi connectivity index (χ1) is 8.66. The van der Waals surface area contributed by atoms with Gasteiger partial charge in [0.25, 0.3) is 5.91 Å². The SMILES string of the molecule is O=C(NCC1CCCCC1Cl)c1ccc(O)cc1. The lowest BCUT2D eigenvalue weighted by Crippen LogP contribution is -2.34. The Labute approximate surface area is 112 Å². The summed E-state index contributed by atoms with van der Waals surface area (Å²) in [6.45, 7) is 0.633. The Bertz CT molecular complexity index is 405. The maximum atomic E-state index is 11.9. The Morgan fingerprint density at radius 3 is 2.61 bits per heavy atom. The van der Waals surface area contributed by atoms with E-state index in [1.165, 1.54) is 25.0 Å². The van der Waals surface area contributed by atoms with E-state index >= 15 is 0 Å². The summed E-state index contributed by atoms with van der Waals surface area (Å²) in [5.74, 6) is 0.436. The van der Waals surface area contributed by atoms with Crippen LogP contribution in [0.25, 0.3) is 0 Å². The Hall–Kier alpha value is -1.22. The third kappa shape index (κ3) is 3.39. The Balaban J connectivity index is 1.86. The van der Waals surface area contributed by atoms with Crippen molar-refractivity contribution >= 4 is 17.5 Å². The lowest BCUT2D eigenvalue weighted by atomic mass is 9.88. The summed E-state index contributed by atoms with van der Waals surface area (Å²) in [6.07, 6.45) is 4.52. The number of aromatic hydroxyl groups is 1. The molecule has 0 spiro atoms. The molecule has 1 saturated carbocycles. The number of phenolic OH excluding ortho intramolecular Hbond substituents is 1. The van der Waals surface area contributed by atoms with Gasteiger partial charge in [-0.25, -0.2) is 0 Å². The number of amides is 1. The number of carbonyl (C=O) groups excluding carboxylic acids is 1. The second-order valence-electron chi connectivity index (χ2n) is 4.82. The molecule has 1 fully saturated rings. The monoisotopic (exact) mass is 267 g/mol. The third-order valence-electron chi connectivity index (χ3n) is 3.47. The number of benzene rings is 1. The number of halogens is 1. The normalized spacial score (nSPS) is 23.6. The molecule has 0 saturated heterocycles. The van der Waals surface area contributed by atoms with E-state index in [9.17, 15) is 4.79 Å². The van der Waals surface area contributed by atoms with Crippen molar-refractivity contribution in [1.82, 2.24) is 5.32 Å². The molecule has 2 rings (SSSR count). The minimum atomic E-state index is -0.107. The Morgan fingerprint density at radius 2 is 1.94 bits per heavy atom. The molecule has 3 nitrogen and oxygen atoms in total. The second-order valence-corrected chi connectivity index (χ2v) is 5.38. The molecule has 0 heterocycles. The predicted octanol–water partition coefficient (Wildman–Crippen LogP) is 2.92. The van der Waals surface area contributed by atoms with Crippen molar-refractivity contribution in [2.75, 3.05) is 6.54 Å². The van der Waals surface area contributed by atoms with E-state index in [4.69, 9.17) is 16.7 Å². The first-order valence-electron chi connectivity index (χ1n) is 6.38. The minimum absolute atomic E-state index is 0.107. The van der Waals surface area contributed by atoms with Gasteiger partial charge in [-0.15, -0.1) is 11.6 Å². The van der Waals surface area contributed by atoms with Crippen LogP contribution < -0.4 is 5.32 Å². The van der Waals surface area contributed by atoms with Crippen molar-refractivity contribution in [3.05, 3.63) is 29.8 Å². The molecular formula is C14H18ClNO2. The van der Waals surface area contributed by atoms with Gasteiger partial charge in [0.1, 0.15) is 5.75 Å². The van der Waals surface area contributed by atoms with Crippen LogP contribution in [-0.2, 0) is 0 Å². The molecule has 0 radical (unpaired) electrons. The molecule has 0 bridgehead atoms. The largest absolute Gasteiger partial charge is 0.508 e. The zero-order valence-electron chi connectivity index (χ0n) is 10.2. The molecule has 18 heavy (non-hydrogen) atoms. The van der Waals surface area contributed by atoms with Gasteiger partial charge in [-0.2, -0.15) is 0 Å². The van der Waals surface area contributed by atoms with Crippen LogP contribution in [-0.4, -0.2) is 22.9 Å². The number of carbonyl (C=O) groups is 1. The molecule has 1 aliphatic carbocycles. The highest BCUT2D eigenvalue weighted by atomic mass is 35.5. The molecule has 1 aromatic carbocycles. The fraction of sp³-hybridized carbons (Fsp3) is 0.500. The molecule has 4 heteroatoms. The van der Waals surface area contributed by atoms with Gasteiger partial charge >= 0.3 is 0 Å². The minimum Gasteiger partial charge on any atom is -0.508 e. The first kappa shape index (κ1) is 13.2. The van der Waals surface area contributed by atoms with Crippen molar-refractivity contribution < 1.29 is 9.90 Å². The van der Waals surface area contributed by atoms with Crippen LogP contribution in [0.3, 0.4) is 0 Å². The summed E-state index contributed by atoms with van der Waals surface area (Å²) in [7, 11) is 0. The van der Waals surface area contributed by atoms with E-state index in [1.807, 2.05) is 0 Å². The van der Waals surface area contributed by atoms with E-state index in [-0.39, 0.29) is 17.0 Å². The van der Waals surface area contributed by atoms with Crippen LogP contribution in [0.2, 0.25) is 0 Å². The smallest absolute Gasteiger partial charge is 0.251 e. The van der Waals surface area contributed by atoms with E-state index in [0.29, 0.717) is 18.0 Å². The van der Waals surface area contributed by atoms with Crippen LogP contribution in [0.15, 0.2) is 24.3 Å². The van der Waals surface area contributed by atoms with Gasteiger partial charge in [0.05, 0.1) is 0 Å². The lowest BCUT2D eigenvalue weighted by Gasteiger charge is -2.27. The van der Waals surface area contributed by atoms with Crippen molar-refractivity contribution in [3.8, 4) is 5.75 Å². The summed E-state index contributed by atoms with van der Waals surface area (Å²) in [5.41, 5.74) is 0.565. The Kier molecular flexibility index (Phi) is 4.48. The van der Waals surface area contributed by atoms with Crippen LogP contribution in [0.1, 0.15) is 36.0 Å². The molecule has 0 aromatic heterocycles. The van der Waals surface area contributed by atoms with Crippen LogP contribution >= 0.6 is 11.6 Å². The summed E-state index contributed by atoms with van der Waals surface area (Å²) in [4.78, 5) is 11.9. The summed E-state index contributed by atoms with van der Waals surface area (Å²) in [6, 6.07) is 6.26. The van der Waals surface area contributed by atoms with E-state index in [2.05, 4.69) is 5.32 Å². The average Bonchev–Trinajstić information content (AvgIpc) is 2.38. The second kappa shape index (κ2) is 6.10. The highest BCUT2D eigenvalue weighted by Crippen LogP contribution is 2.28. The highest BCUT2D eigenvalue weighted by Gasteiger charge is 2.23. The topological polar surface area (TPSA) is 49.3 Å². The molecule has 2 unspecified atom stereocenters. The quantitative estimate of drug-likeness (QED) is 0.828. The summed E-state index contributed by atoms with van der Waals surface area (Å²) >= 11 is 6.25. The van der Waals surface area contributed by atoms with Gasteiger partial charge in [0.2, 0.25) is 0 Å². The van der Waals surface area contributed by atoms with Crippen LogP contribution in [0.5, 0.6) is 5.75 Å². The number of alkyl halides is 1. The van der Waals surface area contributed by atoms with Gasteiger partial charge in [-0.3, -0.25) is 4.79 Å². The van der Waals surface area contributed by atoms with Gasteiger partial charge in [0.15, 0.2) is 0 Å². The molecule has 2 atom stereocenters. The van der Waals surface area contributed by atoms with E-state index < -0.39 is 0 Å². The van der Waals surface area contributed by atoms with E-state index in [0.717, 1.165) is 12.8 Å². The van der Waals surface area contributed by atoms with Gasteiger partial charge in [-0.1, -0.05) is 12.8 Å². The molecule has 1 aliphatic rings. The standard InChI is InChI=1S/C14H18ClNO2/c15-13-4-2-1-3-11(13)9-16-14(18)10-5-7-12(17)8-6-10/h5-8,11,13,17H,1-4,9H2,(H,16,18). The zero-order chi connectivity index (χ0) is 13.0. The number of phenols is 1. The number of hydrogen-bond acceptors (Lipinski definition) is 2. The van der Waals surface area contributed by atoms with Crippen molar-refractivity contribution in [3.63, 3.8) is 0 Å². The average molecular weight is 268 g/mol. The van der Waals surface area contributed by atoms with Gasteiger partial charge < -0.3 is 10.4 Å². The summed E-state index contributed by atoms with van der Waals surface area (Å²) in [5, 5.41) is 12.3. The van der Waals surface area contributed by atoms with Crippen molar-refractivity contribution in [2.45, 2.75) is 31.1 Å². The van der Waals surface area contributed by atoms with Gasteiger partial charge in [-0.05, 0) is 43.0 Å². The maximum Gasteiger partial charge on any atom is 0.251 e. The molecule has 0 aliphatic heterocycles. The fourth-order valence-electron chi connectivity index (χ4n) is 2.33. The van der Waals surface area contributed by atoms with E-state index in [1.54, 1.807) is 12.1 Å². The molecule has 98 valence electrons.